The maximum Gasteiger partial charge on any atom is 0.242 e. The molecule has 102 valence electrons. The zero-order valence-corrected chi connectivity index (χ0v) is 10.6. The number of para-hydroxylation sites is 1. The van der Waals surface area contributed by atoms with Crippen LogP contribution in [0.3, 0.4) is 0 Å². The second-order valence-electron chi connectivity index (χ2n) is 4.36. The van der Waals surface area contributed by atoms with Crippen LogP contribution in [-0.2, 0) is 15.0 Å². The van der Waals surface area contributed by atoms with Crippen LogP contribution in [0.15, 0.2) is 54.6 Å². The van der Waals surface area contributed by atoms with Gasteiger partial charge in [-0.05, 0) is 11.6 Å². The molecule has 0 aromatic heterocycles. The molecule has 2 rings (SSSR count). The van der Waals surface area contributed by atoms with Crippen molar-refractivity contribution in [2.45, 2.75) is 5.41 Å². The van der Waals surface area contributed by atoms with Gasteiger partial charge < -0.3 is 16.6 Å². The Balaban J connectivity index is 2.84. The average Bonchev–Trinajstić information content (AvgIpc) is 2.42. The van der Waals surface area contributed by atoms with Crippen LogP contribution in [-0.4, -0.2) is 16.9 Å². The van der Waals surface area contributed by atoms with Crippen molar-refractivity contribution in [1.82, 2.24) is 0 Å². The van der Waals surface area contributed by atoms with E-state index in [2.05, 4.69) is 0 Å². The molecule has 0 saturated heterocycles. The number of carbonyl (C=O) groups excluding carboxylic acids is 2. The fourth-order valence-electron chi connectivity index (χ4n) is 2.31. The van der Waals surface area contributed by atoms with Crippen LogP contribution in [0.5, 0.6) is 5.75 Å². The molecule has 2 aromatic rings. The molecule has 2 amide bonds. The van der Waals surface area contributed by atoms with E-state index in [0.29, 0.717) is 5.56 Å². The number of primary amides is 2. The smallest absolute Gasteiger partial charge is 0.242 e. The van der Waals surface area contributed by atoms with Gasteiger partial charge >= 0.3 is 0 Å². The highest BCUT2D eigenvalue weighted by Gasteiger charge is 2.48. The molecule has 0 aliphatic carbocycles. The lowest BCUT2D eigenvalue weighted by Crippen LogP contribution is -2.52. The molecule has 0 atom stereocenters. The SMILES string of the molecule is NC(=O)C(C(N)=O)(c1ccccc1)c1ccccc1O. The largest absolute Gasteiger partial charge is 0.508 e. The molecule has 2 aromatic carbocycles. The maximum atomic E-state index is 12.0. The van der Waals surface area contributed by atoms with Crippen molar-refractivity contribution in [3.63, 3.8) is 0 Å². The highest BCUT2D eigenvalue weighted by molar-refractivity contribution is 6.13. The third-order valence-electron chi connectivity index (χ3n) is 3.25. The molecule has 5 N–H and O–H groups in total. The summed E-state index contributed by atoms with van der Waals surface area (Å²) in [6, 6.07) is 14.2. The molecule has 5 nitrogen and oxygen atoms in total. The molecule has 0 aliphatic heterocycles. The number of hydrogen-bond donors (Lipinski definition) is 3. The van der Waals surface area contributed by atoms with Gasteiger partial charge in [0, 0.05) is 5.56 Å². The Morgan fingerprint density at radius 2 is 1.35 bits per heavy atom. The molecule has 0 aliphatic rings. The third kappa shape index (κ3) is 1.89. The molecule has 0 spiro atoms. The number of amides is 2. The van der Waals surface area contributed by atoms with E-state index in [-0.39, 0.29) is 11.3 Å². The van der Waals surface area contributed by atoms with Crippen LogP contribution in [0.4, 0.5) is 0 Å². The van der Waals surface area contributed by atoms with Gasteiger partial charge in [-0.2, -0.15) is 0 Å². The zero-order valence-electron chi connectivity index (χ0n) is 10.6. The van der Waals surface area contributed by atoms with Crippen molar-refractivity contribution in [2.24, 2.45) is 11.5 Å². The van der Waals surface area contributed by atoms with Crippen LogP contribution in [0.2, 0.25) is 0 Å². The first-order valence-electron chi connectivity index (χ1n) is 5.95. The van der Waals surface area contributed by atoms with Crippen molar-refractivity contribution in [1.29, 1.82) is 0 Å². The number of hydrogen-bond acceptors (Lipinski definition) is 3. The molecule has 0 fully saturated rings. The van der Waals surface area contributed by atoms with Gasteiger partial charge in [0.25, 0.3) is 0 Å². The fraction of sp³-hybridized carbons (Fsp3) is 0.0667. The zero-order chi connectivity index (χ0) is 14.8. The predicted molar refractivity (Wildman–Crippen MR) is 73.7 cm³/mol. The van der Waals surface area contributed by atoms with Crippen LogP contribution in [0, 0.1) is 0 Å². The molecule has 20 heavy (non-hydrogen) atoms. The second-order valence-corrected chi connectivity index (χ2v) is 4.36. The van der Waals surface area contributed by atoms with E-state index >= 15 is 0 Å². The maximum absolute atomic E-state index is 12.0. The highest BCUT2D eigenvalue weighted by atomic mass is 16.3. The minimum Gasteiger partial charge on any atom is -0.508 e. The number of aromatic hydroxyl groups is 1. The first kappa shape index (κ1) is 13.6. The van der Waals surface area contributed by atoms with Crippen molar-refractivity contribution in [3.05, 3.63) is 65.7 Å². The van der Waals surface area contributed by atoms with E-state index < -0.39 is 17.2 Å². The Hall–Kier alpha value is -2.82. The molecule has 0 radical (unpaired) electrons. The molecule has 0 saturated carbocycles. The summed E-state index contributed by atoms with van der Waals surface area (Å²) < 4.78 is 0. The van der Waals surface area contributed by atoms with Crippen LogP contribution in [0.25, 0.3) is 0 Å². The fourth-order valence-corrected chi connectivity index (χ4v) is 2.31. The molecular formula is C15H14N2O3. The van der Waals surface area contributed by atoms with E-state index in [4.69, 9.17) is 11.5 Å². The summed E-state index contributed by atoms with van der Waals surface area (Å²) in [5.74, 6) is -2.08. The van der Waals surface area contributed by atoms with Crippen LogP contribution >= 0.6 is 0 Å². The summed E-state index contributed by atoms with van der Waals surface area (Å²) in [5.41, 5.74) is 9.41. The van der Waals surface area contributed by atoms with Gasteiger partial charge in [-0.1, -0.05) is 48.5 Å². The van der Waals surface area contributed by atoms with Gasteiger partial charge in [0.2, 0.25) is 11.8 Å². The molecule has 0 heterocycles. The highest BCUT2D eigenvalue weighted by Crippen LogP contribution is 2.37. The van der Waals surface area contributed by atoms with Gasteiger partial charge in [-0.25, -0.2) is 0 Å². The summed E-state index contributed by atoms with van der Waals surface area (Å²) in [4.78, 5) is 24.1. The lowest BCUT2D eigenvalue weighted by molar-refractivity contribution is -0.132. The lowest BCUT2D eigenvalue weighted by Gasteiger charge is -2.28. The number of carbonyl (C=O) groups is 2. The molecule has 5 heteroatoms. The summed E-state index contributed by atoms with van der Waals surface area (Å²) in [6.45, 7) is 0. The summed E-state index contributed by atoms with van der Waals surface area (Å²) >= 11 is 0. The van der Waals surface area contributed by atoms with Gasteiger partial charge in [0.15, 0.2) is 5.41 Å². The van der Waals surface area contributed by atoms with E-state index in [0.717, 1.165) is 0 Å². The van der Waals surface area contributed by atoms with Gasteiger partial charge in [-0.3, -0.25) is 9.59 Å². The lowest BCUT2D eigenvalue weighted by atomic mass is 9.72. The summed E-state index contributed by atoms with van der Waals surface area (Å²) in [7, 11) is 0. The first-order valence-corrected chi connectivity index (χ1v) is 5.95. The van der Waals surface area contributed by atoms with Crippen molar-refractivity contribution in [2.75, 3.05) is 0 Å². The Morgan fingerprint density at radius 3 is 1.85 bits per heavy atom. The first-order chi connectivity index (χ1) is 9.51. The average molecular weight is 270 g/mol. The predicted octanol–water partition coefficient (Wildman–Crippen LogP) is 0.649. The van der Waals surface area contributed by atoms with E-state index in [1.165, 1.54) is 12.1 Å². The topological polar surface area (TPSA) is 106 Å². The van der Waals surface area contributed by atoms with Gasteiger partial charge in [0.05, 0.1) is 0 Å². The van der Waals surface area contributed by atoms with Crippen LogP contribution in [0.1, 0.15) is 11.1 Å². The summed E-state index contributed by atoms with van der Waals surface area (Å²) in [6.07, 6.45) is 0. The quantitative estimate of drug-likeness (QED) is 0.710. The second kappa shape index (κ2) is 5.05. The monoisotopic (exact) mass is 270 g/mol. The third-order valence-corrected chi connectivity index (χ3v) is 3.25. The number of phenols is 1. The molecule has 0 bridgehead atoms. The number of benzene rings is 2. The van der Waals surface area contributed by atoms with E-state index in [9.17, 15) is 14.7 Å². The number of phenolic OH excluding ortho intramolecular Hbond substituents is 1. The Labute approximate surface area is 115 Å². The molecule has 0 unspecified atom stereocenters. The standard InChI is InChI=1S/C15H14N2O3/c16-13(19)15(14(17)20,10-6-2-1-3-7-10)11-8-4-5-9-12(11)18/h1-9,18H,(H2,16,19)(H2,17,20). The van der Waals surface area contributed by atoms with E-state index in [1.54, 1.807) is 42.5 Å². The Kier molecular flexibility index (Phi) is 3.43. The van der Waals surface area contributed by atoms with Gasteiger partial charge in [-0.15, -0.1) is 0 Å². The van der Waals surface area contributed by atoms with Crippen molar-refractivity contribution in [3.8, 4) is 5.75 Å². The number of rotatable bonds is 4. The van der Waals surface area contributed by atoms with Crippen LogP contribution < -0.4 is 11.5 Å². The van der Waals surface area contributed by atoms with Crippen molar-refractivity contribution >= 4 is 11.8 Å². The van der Waals surface area contributed by atoms with Gasteiger partial charge in [0.1, 0.15) is 5.75 Å². The minimum atomic E-state index is -1.90. The summed E-state index contributed by atoms with van der Waals surface area (Å²) in [5, 5.41) is 9.99. The van der Waals surface area contributed by atoms with Crippen molar-refractivity contribution < 1.29 is 14.7 Å². The Morgan fingerprint density at radius 1 is 0.850 bits per heavy atom. The number of nitrogens with two attached hydrogens (primary N) is 2. The molecular weight excluding hydrogens is 256 g/mol. The Bertz CT molecular complexity index is 639. The van der Waals surface area contributed by atoms with E-state index in [1.807, 2.05) is 0 Å². The normalized spacial score (nSPS) is 11.0. The minimum absolute atomic E-state index is 0.0752.